The molecule has 0 aromatic heterocycles. The Balaban J connectivity index is 3.46. The maximum absolute atomic E-state index is 10.1. The van der Waals surface area contributed by atoms with E-state index in [0.717, 1.165) is 32.1 Å². The van der Waals surface area contributed by atoms with E-state index < -0.39 is 0 Å². The molecule has 0 spiro atoms. The number of halogens is 1. The van der Waals surface area contributed by atoms with Crippen LogP contribution in [0.2, 0.25) is 0 Å². The van der Waals surface area contributed by atoms with Crippen molar-refractivity contribution in [2.45, 2.75) is 45.1 Å². The number of hydrogen-bond acceptors (Lipinski definition) is 2. The van der Waals surface area contributed by atoms with Crippen LogP contribution in [-0.2, 0) is 9.53 Å². The van der Waals surface area contributed by atoms with Gasteiger partial charge in [0.05, 0.1) is 0 Å². The van der Waals surface area contributed by atoms with Crippen LogP contribution < -0.4 is 0 Å². The lowest BCUT2D eigenvalue weighted by Crippen LogP contribution is -2.12. The largest absolute Gasteiger partial charge is 0.465 e. The summed E-state index contributed by atoms with van der Waals surface area (Å²) in [6.45, 7) is 2.66. The molecule has 0 aliphatic carbocycles. The standard InChI is InChI=1S/C9H17ClO2/c1-2-3-5-9(12-8-11)6-4-7-10/h8-9H,2-7H2,1H3. The fourth-order valence-corrected chi connectivity index (χ4v) is 1.25. The van der Waals surface area contributed by atoms with Gasteiger partial charge in [0.1, 0.15) is 6.10 Å². The molecule has 72 valence electrons. The molecule has 0 radical (unpaired) electrons. The van der Waals surface area contributed by atoms with E-state index in [0.29, 0.717) is 12.4 Å². The summed E-state index contributed by atoms with van der Waals surface area (Å²) < 4.78 is 4.91. The Morgan fingerprint density at radius 1 is 1.42 bits per heavy atom. The molecule has 0 aliphatic rings. The topological polar surface area (TPSA) is 26.3 Å². The van der Waals surface area contributed by atoms with Crippen LogP contribution in [-0.4, -0.2) is 18.5 Å². The Hall–Kier alpha value is -0.240. The van der Waals surface area contributed by atoms with Crippen molar-refractivity contribution in [2.75, 3.05) is 5.88 Å². The summed E-state index contributed by atoms with van der Waals surface area (Å²) in [7, 11) is 0. The molecule has 1 atom stereocenters. The van der Waals surface area contributed by atoms with Crippen molar-refractivity contribution in [1.29, 1.82) is 0 Å². The van der Waals surface area contributed by atoms with Gasteiger partial charge in [-0.15, -0.1) is 11.6 Å². The average molecular weight is 193 g/mol. The highest BCUT2D eigenvalue weighted by Gasteiger charge is 2.07. The Kier molecular flexibility index (Phi) is 8.68. The molecule has 1 unspecified atom stereocenters. The van der Waals surface area contributed by atoms with Gasteiger partial charge in [-0.2, -0.15) is 0 Å². The third-order valence-electron chi connectivity index (χ3n) is 1.79. The Morgan fingerprint density at radius 2 is 2.08 bits per heavy atom. The van der Waals surface area contributed by atoms with Gasteiger partial charge >= 0.3 is 0 Å². The van der Waals surface area contributed by atoms with Gasteiger partial charge in [-0.1, -0.05) is 19.8 Å². The van der Waals surface area contributed by atoms with Gasteiger partial charge in [0.25, 0.3) is 6.47 Å². The molecule has 0 N–H and O–H groups in total. The number of hydrogen-bond donors (Lipinski definition) is 0. The summed E-state index contributed by atoms with van der Waals surface area (Å²) in [5.74, 6) is 0.644. The zero-order valence-electron chi connectivity index (χ0n) is 7.59. The lowest BCUT2D eigenvalue weighted by atomic mass is 10.1. The summed E-state index contributed by atoms with van der Waals surface area (Å²) in [6.07, 6.45) is 5.11. The summed E-state index contributed by atoms with van der Waals surface area (Å²) in [5.41, 5.74) is 0. The van der Waals surface area contributed by atoms with Gasteiger partial charge in [-0.25, -0.2) is 0 Å². The lowest BCUT2D eigenvalue weighted by molar-refractivity contribution is -0.134. The van der Waals surface area contributed by atoms with Gasteiger partial charge in [-0.05, 0) is 19.3 Å². The number of ether oxygens (including phenoxy) is 1. The summed E-state index contributed by atoms with van der Waals surface area (Å²) in [5, 5.41) is 0. The van der Waals surface area contributed by atoms with E-state index >= 15 is 0 Å². The van der Waals surface area contributed by atoms with Crippen LogP contribution in [0.1, 0.15) is 39.0 Å². The van der Waals surface area contributed by atoms with Crippen LogP contribution in [0.4, 0.5) is 0 Å². The second-order valence-electron chi connectivity index (χ2n) is 2.83. The first-order valence-electron chi connectivity index (χ1n) is 4.50. The molecule has 0 amide bonds. The smallest absolute Gasteiger partial charge is 0.293 e. The summed E-state index contributed by atoms with van der Waals surface area (Å²) in [4.78, 5) is 10.1. The van der Waals surface area contributed by atoms with Crippen LogP contribution in [0.25, 0.3) is 0 Å². The molecule has 0 heterocycles. The van der Waals surface area contributed by atoms with Crippen molar-refractivity contribution < 1.29 is 9.53 Å². The van der Waals surface area contributed by atoms with Gasteiger partial charge in [0, 0.05) is 5.88 Å². The van der Waals surface area contributed by atoms with E-state index in [9.17, 15) is 4.79 Å². The zero-order chi connectivity index (χ0) is 9.23. The molecule has 0 aliphatic heterocycles. The molecule has 12 heavy (non-hydrogen) atoms. The molecule has 0 aromatic rings. The normalized spacial score (nSPS) is 12.5. The molecular formula is C9H17ClO2. The van der Waals surface area contributed by atoms with E-state index in [4.69, 9.17) is 16.3 Å². The summed E-state index contributed by atoms with van der Waals surface area (Å²) in [6, 6.07) is 0. The van der Waals surface area contributed by atoms with Crippen LogP contribution in [0.5, 0.6) is 0 Å². The SMILES string of the molecule is CCCCC(CCCCl)OC=O. The number of unbranched alkanes of at least 4 members (excludes halogenated alkanes) is 1. The molecule has 0 rings (SSSR count). The monoisotopic (exact) mass is 192 g/mol. The third-order valence-corrected chi connectivity index (χ3v) is 2.05. The second-order valence-corrected chi connectivity index (χ2v) is 3.21. The maximum atomic E-state index is 10.1. The molecule has 2 nitrogen and oxygen atoms in total. The first-order valence-corrected chi connectivity index (χ1v) is 5.03. The predicted molar refractivity (Wildman–Crippen MR) is 50.4 cm³/mol. The van der Waals surface area contributed by atoms with Crippen LogP contribution in [0.15, 0.2) is 0 Å². The third kappa shape index (κ3) is 6.47. The fourth-order valence-electron chi connectivity index (χ4n) is 1.10. The average Bonchev–Trinajstić information content (AvgIpc) is 2.10. The van der Waals surface area contributed by atoms with E-state index in [1.807, 2.05) is 0 Å². The first-order chi connectivity index (χ1) is 5.85. The van der Waals surface area contributed by atoms with E-state index in [-0.39, 0.29) is 6.10 Å². The Bertz CT molecular complexity index is 98.7. The van der Waals surface area contributed by atoms with E-state index in [1.54, 1.807) is 0 Å². The minimum absolute atomic E-state index is 0.0844. The molecule has 0 aromatic carbocycles. The predicted octanol–water partition coefficient (Wildman–Crippen LogP) is 2.74. The van der Waals surface area contributed by atoms with E-state index in [2.05, 4.69) is 6.92 Å². The van der Waals surface area contributed by atoms with E-state index in [1.165, 1.54) is 0 Å². The van der Waals surface area contributed by atoms with Crippen LogP contribution in [0, 0.1) is 0 Å². The molecule has 0 fully saturated rings. The highest BCUT2D eigenvalue weighted by molar-refractivity contribution is 6.17. The lowest BCUT2D eigenvalue weighted by Gasteiger charge is -2.13. The van der Waals surface area contributed by atoms with Crippen molar-refractivity contribution in [1.82, 2.24) is 0 Å². The Labute approximate surface area is 79.2 Å². The van der Waals surface area contributed by atoms with Gasteiger partial charge in [-0.3, -0.25) is 4.79 Å². The van der Waals surface area contributed by atoms with Crippen molar-refractivity contribution >= 4 is 18.1 Å². The quantitative estimate of drug-likeness (QED) is 0.437. The molecule has 3 heteroatoms. The second kappa shape index (κ2) is 8.85. The first kappa shape index (κ1) is 11.8. The van der Waals surface area contributed by atoms with Gasteiger partial charge < -0.3 is 4.74 Å². The minimum atomic E-state index is 0.0844. The number of carbonyl (C=O) groups excluding carboxylic acids is 1. The molecule has 0 saturated heterocycles. The highest BCUT2D eigenvalue weighted by Crippen LogP contribution is 2.10. The van der Waals surface area contributed by atoms with Crippen LogP contribution >= 0.6 is 11.6 Å². The van der Waals surface area contributed by atoms with Crippen LogP contribution in [0.3, 0.4) is 0 Å². The van der Waals surface area contributed by atoms with Crippen molar-refractivity contribution in [3.05, 3.63) is 0 Å². The highest BCUT2D eigenvalue weighted by atomic mass is 35.5. The maximum Gasteiger partial charge on any atom is 0.293 e. The number of rotatable bonds is 8. The fraction of sp³-hybridized carbons (Fsp3) is 0.889. The van der Waals surface area contributed by atoms with Gasteiger partial charge in [0.15, 0.2) is 0 Å². The van der Waals surface area contributed by atoms with Gasteiger partial charge in [0.2, 0.25) is 0 Å². The zero-order valence-corrected chi connectivity index (χ0v) is 8.35. The van der Waals surface area contributed by atoms with Crippen molar-refractivity contribution in [2.24, 2.45) is 0 Å². The molecule has 0 bridgehead atoms. The molecular weight excluding hydrogens is 176 g/mol. The molecule has 0 saturated carbocycles. The Morgan fingerprint density at radius 3 is 2.58 bits per heavy atom. The van der Waals surface area contributed by atoms with Crippen molar-refractivity contribution in [3.8, 4) is 0 Å². The van der Waals surface area contributed by atoms with Crippen molar-refractivity contribution in [3.63, 3.8) is 0 Å². The number of carbonyl (C=O) groups is 1. The summed E-state index contributed by atoms with van der Waals surface area (Å²) >= 11 is 5.54. The number of alkyl halides is 1. The minimum Gasteiger partial charge on any atom is -0.465 e.